The van der Waals surface area contributed by atoms with Gasteiger partial charge in [0.2, 0.25) is 0 Å². The van der Waals surface area contributed by atoms with Gasteiger partial charge in [-0.15, -0.1) is 0 Å². The van der Waals surface area contributed by atoms with Gasteiger partial charge in [0.1, 0.15) is 5.76 Å². The first-order chi connectivity index (χ1) is 4.74. The molecule has 1 N–H and O–H groups in total. The molecule has 56 valence electrons. The molecule has 0 aromatic heterocycles. The van der Waals surface area contributed by atoms with Gasteiger partial charge in [-0.1, -0.05) is 0 Å². The van der Waals surface area contributed by atoms with E-state index in [0.717, 1.165) is 0 Å². The summed E-state index contributed by atoms with van der Waals surface area (Å²) in [7, 11) is 1.57. The molecule has 10 heavy (non-hydrogen) atoms. The molecule has 1 rings (SSSR count). The van der Waals surface area contributed by atoms with E-state index in [1.165, 1.54) is 0 Å². The van der Waals surface area contributed by atoms with Gasteiger partial charge in [0.05, 0.1) is 19.7 Å². The second kappa shape index (κ2) is 2.84. The Morgan fingerprint density at radius 1 is 1.80 bits per heavy atom. The molecule has 0 saturated heterocycles. The van der Waals surface area contributed by atoms with E-state index in [4.69, 9.17) is 4.74 Å². The van der Waals surface area contributed by atoms with Crippen molar-refractivity contribution in [2.24, 2.45) is 0 Å². The van der Waals surface area contributed by atoms with Crippen LogP contribution in [0.25, 0.3) is 0 Å². The molecule has 0 aromatic rings. The van der Waals surface area contributed by atoms with Gasteiger partial charge in [-0.2, -0.15) is 0 Å². The number of ether oxygens (including phenoxy) is 1. The van der Waals surface area contributed by atoms with Crippen molar-refractivity contribution in [3.05, 3.63) is 11.8 Å². The van der Waals surface area contributed by atoms with Crippen LogP contribution in [-0.2, 0) is 9.53 Å². The summed E-state index contributed by atoms with van der Waals surface area (Å²) in [5, 5.41) is 2.99. The van der Waals surface area contributed by atoms with Crippen molar-refractivity contribution < 1.29 is 9.53 Å². The van der Waals surface area contributed by atoms with E-state index in [2.05, 4.69) is 5.32 Å². The predicted molar refractivity (Wildman–Crippen MR) is 37.6 cm³/mol. The number of carbonyl (C=O) groups is 1. The van der Waals surface area contributed by atoms with E-state index in [1.54, 1.807) is 13.2 Å². The van der Waals surface area contributed by atoms with Crippen LogP contribution in [0.5, 0.6) is 0 Å². The van der Waals surface area contributed by atoms with Crippen LogP contribution in [0.3, 0.4) is 0 Å². The lowest BCUT2D eigenvalue weighted by Crippen LogP contribution is -2.38. The minimum atomic E-state index is -0.0566. The third-order valence-corrected chi connectivity index (χ3v) is 1.57. The lowest BCUT2D eigenvalue weighted by atomic mass is 10.1. The third kappa shape index (κ3) is 1.36. The van der Waals surface area contributed by atoms with Crippen LogP contribution >= 0.6 is 0 Å². The highest BCUT2D eigenvalue weighted by Gasteiger charge is 2.16. The van der Waals surface area contributed by atoms with Crippen molar-refractivity contribution in [1.29, 1.82) is 0 Å². The van der Waals surface area contributed by atoms with Crippen molar-refractivity contribution in [3.8, 4) is 0 Å². The van der Waals surface area contributed by atoms with E-state index in [0.29, 0.717) is 12.3 Å². The number of ketones is 1. The van der Waals surface area contributed by atoms with E-state index in [-0.39, 0.29) is 11.8 Å². The summed E-state index contributed by atoms with van der Waals surface area (Å²) in [6.07, 6.45) is 1.54. The summed E-state index contributed by atoms with van der Waals surface area (Å²) >= 11 is 0. The first-order valence-electron chi connectivity index (χ1n) is 3.26. The highest BCUT2D eigenvalue weighted by molar-refractivity contribution is 5.95. The lowest BCUT2D eigenvalue weighted by molar-refractivity contribution is -0.116. The van der Waals surface area contributed by atoms with Crippen LogP contribution in [0.2, 0.25) is 0 Å². The molecule has 0 fully saturated rings. The van der Waals surface area contributed by atoms with Gasteiger partial charge < -0.3 is 10.1 Å². The van der Waals surface area contributed by atoms with Gasteiger partial charge in [-0.3, -0.25) is 4.79 Å². The fourth-order valence-corrected chi connectivity index (χ4v) is 0.820. The highest BCUT2D eigenvalue weighted by atomic mass is 16.5. The molecule has 3 nitrogen and oxygen atoms in total. The van der Waals surface area contributed by atoms with Crippen LogP contribution in [0.15, 0.2) is 11.8 Å². The Balaban J connectivity index is 2.66. The van der Waals surface area contributed by atoms with Gasteiger partial charge >= 0.3 is 0 Å². The predicted octanol–water partition coefficient (Wildman–Crippen LogP) is 0.0775. The number of hydrogen-bond acceptors (Lipinski definition) is 3. The Labute approximate surface area is 60.1 Å². The fourth-order valence-electron chi connectivity index (χ4n) is 0.820. The van der Waals surface area contributed by atoms with Gasteiger partial charge in [-0.25, -0.2) is 0 Å². The standard InChI is InChI=1S/C7H11NO2/c1-5-7(9)3-6(10-2)4-8-5/h3,5,8H,4H2,1-2H3. The molecule has 0 spiro atoms. The zero-order valence-corrected chi connectivity index (χ0v) is 6.18. The van der Waals surface area contributed by atoms with Gasteiger partial charge in [0.15, 0.2) is 5.78 Å². The average Bonchev–Trinajstić information content (AvgIpc) is 1.95. The molecule has 1 aliphatic rings. The minimum Gasteiger partial charge on any atom is -0.500 e. The smallest absolute Gasteiger partial charge is 0.175 e. The third-order valence-electron chi connectivity index (χ3n) is 1.57. The highest BCUT2D eigenvalue weighted by Crippen LogP contribution is 2.02. The second-order valence-electron chi connectivity index (χ2n) is 2.32. The van der Waals surface area contributed by atoms with Crippen molar-refractivity contribution in [2.75, 3.05) is 13.7 Å². The molecule has 1 heterocycles. The Morgan fingerprint density at radius 3 is 3.00 bits per heavy atom. The monoisotopic (exact) mass is 141 g/mol. The van der Waals surface area contributed by atoms with Gasteiger partial charge in [-0.05, 0) is 6.92 Å². The Bertz CT molecular complexity index is 174. The molecule has 0 bridgehead atoms. The average molecular weight is 141 g/mol. The largest absolute Gasteiger partial charge is 0.500 e. The normalized spacial score (nSPS) is 26.0. The van der Waals surface area contributed by atoms with Crippen molar-refractivity contribution in [2.45, 2.75) is 13.0 Å². The van der Waals surface area contributed by atoms with Crippen LogP contribution in [0, 0.1) is 0 Å². The SMILES string of the molecule is COC1=CC(=O)C(C)NC1. The maximum absolute atomic E-state index is 10.9. The Kier molecular flexibility index (Phi) is 2.06. The molecule has 0 aliphatic carbocycles. The molecule has 0 radical (unpaired) electrons. The molecule has 3 heteroatoms. The first kappa shape index (κ1) is 7.28. The topological polar surface area (TPSA) is 38.3 Å². The number of rotatable bonds is 1. The molecular weight excluding hydrogens is 130 g/mol. The number of hydrogen-bond donors (Lipinski definition) is 1. The Morgan fingerprint density at radius 2 is 2.50 bits per heavy atom. The van der Waals surface area contributed by atoms with E-state index in [9.17, 15) is 4.79 Å². The minimum absolute atomic E-state index is 0.0566. The van der Waals surface area contributed by atoms with E-state index < -0.39 is 0 Å². The maximum Gasteiger partial charge on any atom is 0.175 e. The van der Waals surface area contributed by atoms with Crippen LogP contribution < -0.4 is 5.32 Å². The number of carbonyl (C=O) groups excluding carboxylic acids is 1. The second-order valence-corrected chi connectivity index (χ2v) is 2.32. The summed E-state index contributed by atoms with van der Waals surface area (Å²) in [6.45, 7) is 2.49. The molecule has 1 aliphatic heterocycles. The van der Waals surface area contributed by atoms with E-state index >= 15 is 0 Å². The maximum atomic E-state index is 10.9. The van der Waals surface area contributed by atoms with Gasteiger partial charge in [0, 0.05) is 6.08 Å². The number of nitrogens with one attached hydrogen (secondary N) is 1. The molecule has 0 amide bonds. The summed E-state index contributed by atoms with van der Waals surface area (Å²) in [4.78, 5) is 10.9. The summed E-state index contributed by atoms with van der Waals surface area (Å²) in [6, 6.07) is -0.0566. The van der Waals surface area contributed by atoms with Crippen molar-refractivity contribution in [3.63, 3.8) is 0 Å². The zero-order chi connectivity index (χ0) is 7.56. The quantitative estimate of drug-likeness (QED) is 0.562. The molecular formula is C7H11NO2. The molecule has 0 aromatic carbocycles. The van der Waals surface area contributed by atoms with Crippen LogP contribution in [-0.4, -0.2) is 25.5 Å². The summed E-state index contributed by atoms with van der Waals surface area (Å²) < 4.78 is 4.89. The number of methoxy groups -OCH3 is 1. The summed E-state index contributed by atoms with van der Waals surface area (Å²) in [5.41, 5.74) is 0. The Hall–Kier alpha value is -0.830. The molecule has 1 atom stereocenters. The van der Waals surface area contributed by atoms with Crippen molar-refractivity contribution >= 4 is 5.78 Å². The van der Waals surface area contributed by atoms with E-state index in [1.807, 2.05) is 6.92 Å². The summed E-state index contributed by atoms with van der Waals surface area (Å²) in [5.74, 6) is 0.797. The molecule has 0 saturated carbocycles. The lowest BCUT2D eigenvalue weighted by Gasteiger charge is -2.17. The fraction of sp³-hybridized carbons (Fsp3) is 0.571. The zero-order valence-electron chi connectivity index (χ0n) is 6.18. The van der Waals surface area contributed by atoms with Crippen LogP contribution in [0.1, 0.15) is 6.92 Å². The van der Waals surface area contributed by atoms with Gasteiger partial charge in [0.25, 0.3) is 0 Å². The molecule has 1 unspecified atom stereocenters. The first-order valence-corrected chi connectivity index (χ1v) is 3.26. The van der Waals surface area contributed by atoms with Crippen LogP contribution in [0.4, 0.5) is 0 Å². The van der Waals surface area contributed by atoms with Crippen molar-refractivity contribution in [1.82, 2.24) is 5.32 Å².